The van der Waals surface area contributed by atoms with Crippen molar-refractivity contribution in [2.45, 2.75) is 52.4 Å². The molecule has 16 aromatic rings. The van der Waals surface area contributed by atoms with E-state index in [-0.39, 0.29) is 53.0 Å². The Morgan fingerprint density at radius 1 is 0.302 bits per heavy atom. The molecule has 0 saturated carbocycles. The summed E-state index contributed by atoms with van der Waals surface area (Å²) >= 11 is 0. The average molecular weight is 1470 g/mol. The van der Waals surface area contributed by atoms with Gasteiger partial charge in [0.05, 0.1) is 22.1 Å². The van der Waals surface area contributed by atoms with Gasteiger partial charge in [-0.2, -0.15) is 97.1 Å². The normalized spacial score (nSPS) is 11.4. The van der Waals surface area contributed by atoms with Gasteiger partial charge in [0.2, 0.25) is 0 Å². The van der Waals surface area contributed by atoms with Gasteiger partial charge in [0.15, 0.2) is 0 Å². The molecular weight excluding hydrogens is 1410 g/mol. The maximum atomic E-state index is 4.86. The van der Waals surface area contributed by atoms with Gasteiger partial charge in [0, 0.05) is 75.1 Å². The van der Waals surface area contributed by atoms with E-state index in [2.05, 4.69) is 233 Å². The quantitative estimate of drug-likeness (QED) is 0.165. The van der Waals surface area contributed by atoms with Crippen LogP contribution in [0.5, 0.6) is 0 Å². The van der Waals surface area contributed by atoms with Crippen LogP contribution in [0.2, 0.25) is 0 Å². The van der Waals surface area contributed by atoms with Crippen LogP contribution in [0.15, 0.2) is 255 Å². The molecule has 16 rings (SSSR count). The summed E-state index contributed by atoms with van der Waals surface area (Å²) in [5.74, 6) is 0. The van der Waals surface area contributed by atoms with Crippen molar-refractivity contribution < 1.29 is 42.1 Å². The van der Waals surface area contributed by atoms with E-state index in [9.17, 15) is 0 Å². The molecule has 86 heavy (non-hydrogen) atoms. The summed E-state index contributed by atoms with van der Waals surface area (Å²) in [5, 5.41) is 9.62. The van der Waals surface area contributed by atoms with Crippen LogP contribution < -0.4 is 9.97 Å². The first-order chi connectivity index (χ1) is 40.9. The smallest absolute Gasteiger partial charge is 0.0541 e. The third-order valence-corrected chi connectivity index (χ3v) is 15.4. The Morgan fingerprint density at radius 2 is 0.593 bits per heavy atom. The maximum absolute atomic E-state index is 4.86. The van der Waals surface area contributed by atoms with Crippen molar-refractivity contribution in [3.8, 4) is 33.6 Å². The Bertz CT molecular complexity index is 4470. The monoisotopic (exact) mass is 1470 g/mol. The van der Waals surface area contributed by atoms with Gasteiger partial charge >= 0.3 is 0 Å². The van der Waals surface area contributed by atoms with Crippen molar-refractivity contribution >= 4 is 87.5 Å². The van der Waals surface area contributed by atoms with E-state index >= 15 is 0 Å². The molecular formula is C78H60N6Pt2-6. The molecule has 0 spiro atoms. The molecule has 0 N–H and O–H groups in total. The minimum absolute atomic E-state index is 0. The van der Waals surface area contributed by atoms with E-state index in [0.717, 1.165) is 88.9 Å². The van der Waals surface area contributed by atoms with Crippen molar-refractivity contribution in [1.82, 2.24) is 29.1 Å². The van der Waals surface area contributed by atoms with Gasteiger partial charge in [-0.25, -0.2) is 22.3 Å². The Labute approximate surface area is 531 Å². The third-order valence-electron chi connectivity index (χ3n) is 15.4. The molecule has 0 unspecified atom stereocenters. The molecule has 0 fully saturated rings. The molecule has 6 heterocycles. The molecule has 8 heteroatoms. The zero-order valence-corrected chi connectivity index (χ0v) is 53.1. The van der Waals surface area contributed by atoms with Gasteiger partial charge in [0.25, 0.3) is 0 Å². The fourth-order valence-electron chi connectivity index (χ4n) is 11.1. The standard InChI is InChI=1S/2C27H22N3.2C12H8.2Pt/c2*1-27(2,3)25-15-13-20-21-16-17(12-14-22(21)28-26(20)29-25)30-23-10-6-4-8-18(23)19-9-5-7-11-24(19)30;2*1-3-7-11(8-4-1)12-9-5-2-6-10-12;;/h2*4-16H,1-3H3;2*1-7,9H;;/q2*-1;2*-2;;. The molecule has 428 valence electrons. The number of pyridine rings is 2. The van der Waals surface area contributed by atoms with Gasteiger partial charge in [-0.15, -0.1) is 24.3 Å². The predicted molar refractivity (Wildman–Crippen MR) is 350 cm³/mol. The van der Waals surface area contributed by atoms with Crippen molar-refractivity contribution in [2.75, 3.05) is 0 Å². The summed E-state index contributed by atoms with van der Waals surface area (Å²) in [5.41, 5.74) is 17.3. The van der Waals surface area contributed by atoms with Crippen LogP contribution in [0.3, 0.4) is 0 Å². The summed E-state index contributed by atoms with van der Waals surface area (Å²) in [6.45, 7) is 13.1. The van der Waals surface area contributed by atoms with Crippen LogP contribution in [-0.2, 0) is 53.0 Å². The minimum atomic E-state index is 0. The average Bonchev–Trinajstić information content (AvgIpc) is 1.96. The van der Waals surface area contributed by atoms with Gasteiger partial charge in [-0.05, 0) is 91.9 Å². The van der Waals surface area contributed by atoms with Crippen LogP contribution in [0, 0.1) is 24.3 Å². The van der Waals surface area contributed by atoms with E-state index < -0.39 is 0 Å². The third kappa shape index (κ3) is 11.8. The largest absolute Gasteiger partial charge is 0.439 e. The van der Waals surface area contributed by atoms with E-state index in [4.69, 9.17) is 19.9 Å². The predicted octanol–water partition coefficient (Wildman–Crippen LogP) is 19.4. The molecule has 0 bridgehead atoms. The Hall–Kier alpha value is -8.92. The number of aromatic nitrogens is 6. The number of nitrogens with zero attached hydrogens (tertiary/aromatic N) is 6. The summed E-state index contributed by atoms with van der Waals surface area (Å²) in [6.07, 6.45) is 0. The first kappa shape index (κ1) is 58.8. The number of benzene rings is 10. The van der Waals surface area contributed by atoms with Crippen LogP contribution in [0.25, 0.3) is 121 Å². The molecule has 0 aliphatic heterocycles. The van der Waals surface area contributed by atoms with E-state index in [1.165, 1.54) is 43.6 Å². The topological polar surface area (TPSA) is 63.8 Å². The first-order valence-corrected chi connectivity index (χ1v) is 28.5. The van der Waals surface area contributed by atoms with E-state index in [1.807, 2.05) is 97.1 Å². The molecule has 6 aromatic heterocycles. The number of fused-ring (bicyclic) bond motifs is 12. The summed E-state index contributed by atoms with van der Waals surface area (Å²) in [7, 11) is 0. The minimum Gasteiger partial charge on any atom is -0.439 e. The summed E-state index contributed by atoms with van der Waals surface area (Å²) in [4.78, 5) is 19.3. The Morgan fingerprint density at radius 3 is 0.872 bits per heavy atom. The summed E-state index contributed by atoms with van der Waals surface area (Å²) in [6, 6.07) is 100. The summed E-state index contributed by atoms with van der Waals surface area (Å²) < 4.78 is 4.69. The number of para-hydroxylation sites is 4. The zero-order valence-electron chi connectivity index (χ0n) is 48.6. The van der Waals surface area contributed by atoms with Crippen LogP contribution in [0.1, 0.15) is 52.9 Å². The van der Waals surface area contributed by atoms with E-state index in [0.29, 0.717) is 0 Å². The van der Waals surface area contributed by atoms with Gasteiger partial charge in [-0.1, -0.05) is 173 Å². The first-order valence-electron chi connectivity index (χ1n) is 28.5. The molecule has 0 saturated heterocycles. The van der Waals surface area contributed by atoms with Gasteiger partial charge in [-0.3, -0.25) is 0 Å². The van der Waals surface area contributed by atoms with Gasteiger partial charge < -0.3 is 29.1 Å². The second kappa shape index (κ2) is 25.0. The second-order valence-corrected chi connectivity index (χ2v) is 23.1. The number of hydrogen-bond acceptors (Lipinski definition) is 2. The van der Waals surface area contributed by atoms with E-state index in [1.54, 1.807) is 0 Å². The molecule has 10 aromatic carbocycles. The molecule has 0 aliphatic carbocycles. The molecule has 0 aliphatic rings. The van der Waals surface area contributed by atoms with Crippen molar-refractivity contribution in [1.29, 1.82) is 0 Å². The van der Waals surface area contributed by atoms with Crippen LogP contribution >= 0.6 is 0 Å². The fraction of sp³-hybridized carbons (Fsp3) is 0.103. The fourth-order valence-corrected chi connectivity index (χ4v) is 11.1. The maximum Gasteiger partial charge on any atom is 0.0541 e. The SMILES string of the molecule is CC(C)(C)c1ccc2c(n1)[n-]c1ccc(-n3c4ccccc4c4ccccc43)cc12.CC(C)(C)c1ccc2c(n1)[n-]c1ccc(-n3c4ccccc4c4ccccc43)cc12.[Pt].[Pt].[c-]1ccccc1-c1[c-]cccc1.[c-]1ccccc1-c1[c-]cccc1. The van der Waals surface area contributed by atoms with Gasteiger partial charge in [0.1, 0.15) is 0 Å². The molecule has 0 atom stereocenters. The van der Waals surface area contributed by atoms with Crippen molar-refractivity contribution in [2.24, 2.45) is 0 Å². The zero-order chi connectivity index (χ0) is 57.4. The number of hydrogen-bond donors (Lipinski definition) is 0. The molecule has 0 amide bonds. The Kier molecular flexibility index (Phi) is 17.1. The van der Waals surface area contributed by atoms with Crippen LogP contribution in [-0.4, -0.2) is 19.1 Å². The molecule has 6 nitrogen and oxygen atoms in total. The van der Waals surface area contributed by atoms with Crippen molar-refractivity contribution in [3.05, 3.63) is 290 Å². The number of rotatable bonds is 4. The molecule has 0 radical (unpaired) electrons. The Balaban J connectivity index is 0.000000128. The van der Waals surface area contributed by atoms with Crippen molar-refractivity contribution in [3.63, 3.8) is 0 Å². The second-order valence-electron chi connectivity index (χ2n) is 23.1. The van der Waals surface area contributed by atoms with Crippen LogP contribution in [0.4, 0.5) is 0 Å².